The molecule has 3 heterocycles. The van der Waals surface area contributed by atoms with E-state index >= 15 is 0 Å². The topological polar surface area (TPSA) is 59.8 Å². The largest absolute Gasteiger partial charge is 0.352 e. The second kappa shape index (κ2) is 5.13. The summed E-state index contributed by atoms with van der Waals surface area (Å²) in [6.07, 6.45) is 5.93. The minimum atomic E-state index is -0.0114. The summed E-state index contributed by atoms with van der Waals surface area (Å²) in [5, 5.41) is 4.82. The van der Waals surface area contributed by atoms with Gasteiger partial charge < -0.3 is 9.88 Å². The normalized spacial score (nSPS) is 18.1. The van der Waals surface area contributed by atoms with Crippen molar-refractivity contribution in [1.82, 2.24) is 19.2 Å². The van der Waals surface area contributed by atoms with E-state index < -0.39 is 0 Å². The van der Waals surface area contributed by atoms with Crippen molar-refractivity contribution in [3.05, 3.63) is 34.9 Å². The van der Waals surface area contributed by atoms with Gasteiger partial charge in [0.2, 0.25) is 0 Å². The number of hydrogen-bond acceptors (Lipinski definition) is 4. The fourth-order valence-electron chi connectivity index (χ4n) is 2.45. The average molecular weight is 276 g/mol. The number of carbonyl (C=O) groups excluding carboxylic acids is 1. The molecular formula is C13H16N4OS. The predicted molar refractivity (Wildman–Crippen MR) is 73.2 cm³/mol. The van der Waals surface area contributed by atoms with E-state index in [2.05, 4.69) is 19.2 Å². The lowest BCUT2D eigenvalue weighted by Gasteiger charge is -2.23. The second-order valence-electron chi connectivity index (χ2n) is 4.92. The van der Waals surface area contributed by atoms with Crippen LogP contribution in [0, 0.1) is 12.8 Å². The van der Waals surface area contributed by atoms with E-state index in [-0.39, 0.29) is 5.91 Å². The zero-order valence-corrected chi connectivity index (χ0v) is 11.6. The summed E-state index contributed by atoms with van der Waals surface area (Å²) in [6.45, 7) is 3.52. The molecule has 2 aromatic rings. The molecule has 2 aromatic heterocycles. The number of aryl methyl sites for hydroxylation is 2. The quantitative estimate of drug-likeness (QED) is 0.927. The summed E-state index contributed by atoms with van der Waals surface area (Å²) in [5.74, 6) is 1.63. The number of imidazole rings is 1. The molecule has 0 aromatic carbocycles. The average Bonchev–Trinajstić information content (AvgIpc) is 3.03. The Morgan fingerprint density at radius 2 is 2.53 bits per heavy atom. The first-order valence-electron chi connectivity index (χ1n) is 6.43. The maximum absolute atomic E-state index is 12.0. The first-order valence-corrected chi connectivity index (χ1v) is 7.27. The highest BCUT2D eigenvalue weighted by Crippen LogP contribution is 2.18. The molecule has 0 spiro atoms. The van der Waals surface area contributed by atoms with Crippen LogP contribution in [0.5, 0.6) is 0 Å². The summed E-state index contributed by atoms with van der Waals surface area (Å²) in [6, 6.07) is 0. The fourth-order valence-corrected chi connectivity index (χ4v) is 3.14. The van der Waals surface area contributed by atoms with E-state index in [1.807, 2.05) is 19.3 Å². The standard InChI is InChI=1S/C13H16N4OS/c1-9-11(8-19-16-9)13(18)15-6-10-2-3-12-14-4-5-17(12)7-10/h4-5,8,10H,2-3,6-7H2,1H3,(H,15,18)/t10-/m0/s1. The first kappa shape index (κ1) is 12.3. The SMILES string of the molecule is Cc1nscc1C(=O)NC[C@@H]1CCc2nccn2C1. The van der Waals surface area contributed by atoms with Crippen LogP contribution in [0.3, 0.4) is 0 Å². The Morgan fingerprint density at radius 1 is 1.63 bits per heavy atom. The summed E-state index contributed by atoms with van der Waals surface area (Å²) in [7, 11) is 0. The minimum absolute atomic E-state index is 0.0114. The van der Waals surface area contributed by atoms with Crippen LogP contribution in [-0.4, -0.2) is 26.4 Å². The molecule has 0 aliphatic carbocycles. The van der Waals surface area contributed by atoms with Crippen LogP contribution < -0.4 is 5.32 Å². The van der Waals surface area contributed by atoms with Crippen LogP contribution in [0.15, 0.2) is 17.8 Å². The van der Waals surface area contributed by atoms with E-state index in [0.717, 1.165) is 30.9 Å². The molecule has 1 N–H and O–H groups in total. The Balaban J connectivity index is 1.56. The van der Waals surface area contributed by atoms with Gasteiger partial charge in [0.1, 0.15) is 5.82 Å². The molecule has 19 heavy (non-hydrogen) atoms. The smallest absolute Gasteiger partial charge is 0.254 e. The highest BCUT2D eigenvalue weighted by atomic mass is 32.1. The van der Waals surface area contributed by atoms with Gasteiger partial charge in [0.15, 0.2) is 0 Å². The molecule has 6 heteroatoms. The van der Waals surface area contributed by atoms with Crippen molar-refractivity contribution in [2.45, 2.75) is 26.3 Å². The number of rotatable bonds is 3. The lowest BCUT2D eigenvalue weighted by molar-refractivity contribution is 0.0943. The van der Waals surface area contributed by atoms with E-state index in [4.69, 9.17) is 0 Å². The van der Waals surface area contributed by atoms with Gasteiger partial charge in [-0.2, -0.15) is 4.37 Å². The van der Waals surface area contributed by atoms with Gasteiger partial charge in [-0.1, -0.05) is 0 Å². The predicted octanol–water partition coefficient (Wildman–Crippen LogP) is 1.64. The zero-order chi connectivity index (χ0) is 13.2. The minimum Gasteiger partial charge on any atom is -0.352 e. The molecule has 3 rings (SSSR count). The molecule has 1 aliphatic heterocycles. The van der Waals surface area contributed by atoms with Gasteiger partial charge in [-0.05, 0) is 30.8 Å². The highest BCUT2D eigenvalue weighted by molar-refractivity contribution is 7.03. The lowest BCUT2D eigenvalue weighted by Crippen LogP contribution is -2.33. The monoisotopic (exact) mass is 276 g/mol. The second-order valence-corrected chi connectivity index (χ2v) is 5.55. The zero-order valence-electron chi connectivity index (χ0n) is 10.8. The summed E-state index contributed by atoms with van der Waals surface area (Å²) >= 11 is 1.32. The first-order chi connectivity index (χ1) is 9.24. The lowest BCUT2D eigenvalue weighted by atomic mass is 9.99. The Bertz CT molecular complexity index is 589. The Morgan fingerprint density at radius 3 is 3.32 bits per heavy atom. The van der Waals surface area contributed by atoms with Gasteiger partial charge in [0.25, 0.3) is 5.91 Å². The fraction of sp³-hybridized carbons (Fsp3) is 0.462. The Kier molecular flexibility index (Phi) is 3.33. The molecule has 0 saturated carbocycles. The molecular weight excluding hydrogens is 260 g/mol. The maximum atomic E-state index is 12.0. The summed E-state index contributed by atoms with van der Waals surface area (Å²) < 4.78 is 6.30. The number of carbonyl (C=O) groups is 1. The third kappa shape index (κ3) is 2.53. The van der Waals surface area contributed by atoms with Crippen molar-refractivity contribution in [3.8, 4) is 0 Å². The van der Waals surface area contributed by atoms with Gasteiger partial charge in [-0.25, -0.2) is 4.98 Å². The molecule has 0 saturated heterocycles. The number of amides is 1. The molecule has 100 valence electrons. The van der Waals surface area contributed by atoms with Crippen molar-refractivity contribution in [2.75, 3.05) is 6.54 Å². The van der Waals surface area contributed by atoms with Crippen molar-refractivity contribution in [2.24, 2.45) is 5.92 Å². The molecule has 0 radical (unpaired) electrons. The number of nitrogens with one attached hydrogen (secondary N) is 1. The Hall–Kier alpha value is -1.69. The summed E-state index contributed by atoms with van der Waals surface area (Å²) in [5.41, 5.74) is 1.51. The van der Waals surface area contributed by atoms with Gasteiger partial charge in [0, 0.05) is 37.3 Å². The van der Waals surface area contributed by atoms with E-state index in [9.17, 15) is 4.79 Å². The van der Waals surface area contributed by atoms with E-state index in [1.165, 1.54) is 11.5 Å². The number of aromatic nitrogens is 3. The molecule has 5 nitrogen and oxygen atoms in total. The van der Waals surface area contributed by atoms with Crippen molar-refractivity contribution in [1.29, 1.82) is 0 Å². The molecule has 0 bridgehead atoms. The number of nitrogens with zero attached hydrogens (tertiary/aromatic N) is 3. The van der Waals surface area contributed by atoms with Crippen LogP contribution in [0.4, 0.5) is 0 Å². The third-order valence-corrected chi connectivity index (χ3v) is 4.30. The van der Waals surface area contributed by atoms with Crippen LogP contribution in [0.2, 0.25) is 0 Å². The van der Waals surface area contributed by atoms with Crippen LogP contribution in [0.1, 0.15) is 28.3 Å². The third-order valence-electron chi connectivity index (χ3n) is 3.58. The molecule has 1 aliphatic rings. The van der Waals surface area contributed by atoms with Gasteiger partial charge in [0.05, 0.1) is 11.3 Å². The molecule has 1 atom stereocenters. The van der Waals surface area contributed by atoms with Crippen molar-refractivity contribution < 1.29 is 4.79 Å². The van der Waals surface area contributed by atoms with Crippen molar-refractivity contribution >= 4 is 17.4 Å². The van der Waals surface area contributed by atoms with Crippen LogP contribution in [0.25, 0.3) is 0 Å². The highest BCUT2D eigenvalue weighted by Gasteiger charge is 2.20. The molecule has 1 amide bonds. The Labute approximate surface area is 115 Å². The van der Waals surface area contributed by atoms with Gasteiger partial charge in [-0.3, -0.25) is 4.79 Å². The van der Waals surface area contributed by atoms with Crippen molar-refractivity contribution in [3.63, 3.8) is 0 Å². The van der Waals surface area contributed by atoms with Gasteiger partial charge in [-0.15, -0.1) is 0 Å². The molecule has 0 fully saturated rings. The van der Waals surface area contributed by atoms with Crippen LogP contribution in [-0.2, 0) is 13.0 Å². The van der Waals surface area contributed by atoms with Crippen LogP contribution >= 0.6 is 11.5 Å². The molecule has 0 unspecified atom stereocenters. The van der Waals surface area contributed by atoms with E-state index in [1.54, 1.807) is 5.38 Å². The maximum Gasteiger partial charge on any atom is 0.254 e. The number of hydrogen-bond donors (Lipinski definition) is 1. The van der Waals surface area contributed by atoms with Gasteiger partial charge >= 0.3 is 0 Å². The number of fused-ring (bicyclic) bond motifs is 1. The summed E-state index contributed by atoms with van der Waals surface area (Å²) in [4.78, 5) is 16.3. The van der Waals surface area contributed by atoms with E-state index in [0.29, 0.717) is 18.0 Å².